The van der Waals surface area contributed by atoms with Crippen LogP contribution in [0.25, 0.3) is 5.57 Å². The number of hydrogen-bond donors (Lipinski definition) is 0. The number of ether oxygens (including phenoxy) is 3. The molecule has 0 bridgehead atoms. The molecule has 0 amide bonds. The predicted molar refractivity (Wildman–Crippen MR) is 102 cm³/mol. The van der Waals surface area contributed by atoms with Crippen molar-refractivity contribution in [2.75, 3.05) is 39.3 Å². The lowest BCUT2D eigenvalue weighted by Gasteiger charge is -2.28. The summed E-state index contributed by atoms with van der Waals surface area (Å²) in [4.78, 5) is 12.6. The highest BCUT2D eigenvalue weighted by molar-refractivity contribution is 7.19. The summed E-state index contributed by atoms with van der Waals surface area (Å²) in [6.07, 6.45) is 2.90. The molecule has 1 aromatic carbocycles. The Morgan fingerprint density at radius 1 is 1.12 bits per heavy atom. The van der Waals surface area contributed by atoms with Crippen molar-refractivity contribution in [2.24, 2.45) is 0 Å². The molecular formula is C18H20N2O5S. The molecule has 3 rings (SSSR count). The van der Waals surface area contributed by atoms with E-state index in [2.05, 4.69) is 11.0 Å². The first kappa shape index (κ1) is 18.1. The third-order valence-corrected chi connectivity index (χ3v) is 5.41. The summed E-state index contributed by atoms with van der Waals surface area (Å²) >= 11 is 1.20. The molecule has 7 nitrogen and oxygen atoms in total. The second-order valence-corrected chi connectivity index (χ2v) is 6.74. The standard InChI is InChI=1S/C18H20N2O5S/c1-23-13-10-14(24-2)18(15(11-13)25-3)12-6-8-19(9-7-12)16-4-5-17(26-16)20(21)22/h4-6,10-11H,7-9H2,1-3H3. The SMILES string of the molecule is COc1cc(OC)c(C2=CCN(c3ccc([N+](=O)[O-])s3)CC2)c(OC)c1. The quantitative estimate of drug-likeness (QED) is 0.561. The fourth-order valence-corrected chi connectivity index (χ4v) is 3.86. The van der Waals surface area contributed by atoms with Crippen LogP contribution in [0.4, 0.5) is 10.0 Å². The van der Waals surface area contributed by atoms with E-state index < -0.39 is 0 Å². The van der Waals surface area contributed by atoms with Crippen molar-refractivity contribution in [3.63, 3.8) is 0 Å². The van der Waals surface area contributed by atoms with Crippen LogP contribution in [0.1, 0.15) is 12.0 Å². The zero-order valence-electron chi connectivity index (χ0n) is 14.9. The van der Waals surface area contributed by atoms with Gasteiger partial charge in [0.05, 0.1) is 36.8 Å². The Morgan fingerprint density at radius 3 is 2.27 bits per heavy atom. The molecule has 0 radical (unpaired) electrons. The number of methoxy groups -OCH3 is 3. The van der Waals surface area contributed by atoms with Crippen LogP contribution in [-0.4, -0.2) is 39.3 Å². The number of rotatable bonds is 6. The first-order chi connectivity index (χ1) is 12.6. The summed E-state index contributed by atoms with van der Waals surface area (Å²) in [6.45, 7) is 1.44. The molecule has 0 saturated carbocycles. The molecular weight excluding hydrogens is 356 g/mol. The first-order valence-electron chi connectivity index (χ1n) is 8.06. The lowest BCUT2D eigenvalue weighted by molar-refractivity contribution is -0.380. The predicted octanol–water partition coefficient (Wildman–Crippen LogP) is 3.98. The van der Waals surface area contributed by atoms with E-state index >= 15 is 0 Å². The van der Waals surface area contributed by atoms with Crippen LogP contribution in [0, 0.1) is 10.1 Å². The van der Waals surface area contributed by atoms with E-state index in [1.165, 1.54) is 11.3 Å². The Labute approximate surface area is 155 Å². The molecule has 1 aliphatic heterocycles. The molecule has 0 spiro atoms. The number of benzene rings is 1. The fourth-order valence-electron chi connectivity index (χ4n) is 3.00. The van der Waals surface area contributed by atoms with Gasteiger partial charge in [-0.05, 0) is 29.4 Å². The first-order valence-corrected chi connectivity index (χ1v) is 8.87. The number of nitrogens with zero attached hydrogens (tertiary/aromatic N) is 2. The van der Waals surface area contributed by atoms with Gasteiger partial charge in [-0.1, -0.05) is 6.08 Å². The van der Waals surface area contributed by atoms with Crippen LogP contribution < -0.4 is 19.1 Å². The van der Waals surface area contributed by atoms with Gasteiger partial charge in [-0.25, -0.2) is 0 Å². The molecule has 0 N–H and O–H groups in total. The molecule has 26 heavy (non-hydrogen) atoms. The van der Waals surface area contributed by atoms with Crippen molar-refractivity contribution >= 4 is 26.9 Å². The maximum absolute atomic E-state index is 10.9. The molecule has 1 aromatic heterocycles. The van der Waals surface area contributed by atoms with E-state index in [9.17, 15) is 10.1 Å². The van der Waals surface area contributed by atoms with Crippen molar-refractivity contribution in [3.05, 3.63) is 46.0 Å². The lowest BCUT2D eigenvalue weighted by Crippen LogP contribution is -2.27. The molecule has 0 aliphatic carbocycles. The monoisotopic (exact) mass is 376 g/mol. The number of nitro groups is 1. The molecule has 138 valence electrons. The van der Waals surface area contributed by atoms with E-state index in [-0.39, 0.29) is 9.92 Å². The van der Waals surface area contributed by atoms with Gasteiger partial charge < -0.3 is 19.1 Å². The maximum Gasteiger partial charge on any atom is 0.326 e. The van der Waals surface area contributed by atoms with Crippen LogP contribution in [0.15, 0.2) is 30.3 Å². The van der Waals surface area contributed by atoms with Crippen LogP contribution in [0.2, 0.25) is 0 Å². The molecule has 8 heteroatoms. The van der Waals surface area contributed by atoms with E-state index in [0.717, 1.165) is 29.1 Å². The highest BCUT2D eigenvalue weighted by Crippen LogP contribution is 2.42. The largest absolute Gasteiger partial charge is 0.496 e. The summed E-state index contributed by atoms with van der Waals surface area (Å²) in [6, 6.07) is 7.03. The van der Waals surface area contributed by atoms with Gasteiger partial charge >= 0.3 is 5.00 Å². The Morgan fingerprint density at radius 2 is 1.81 bits per heavy atom. The van der Waals surface area contributed by atoms with Gasteiger partial charge in [-0.3, -0.25) is 10.1 Å². The van der Waals surface area contributed by atoms with Crippen molar-refractivity contribution in [2.45, 2.75) is 6.42 Å². The second kappa shape index (κ2) is 7.65. The summed E-state index contributed by atoms with van der Waals surface area (Å²) in [5, 5.41) is 11.9. The van der Waals surface area contributed by atoms with Gasteiger partial charge in [-0.15, -0.1) is 0 Å². The molecule has 0 fully saturated rings. The second-order valence-electron chi connectivity index (χ2n) is 5.70. The average molecular weight is 376 g/mol. The normalized spacial score (nSPS) is 14.0. The minimum absolute atomic E-state index is 0.160. The Hall–Kier alpha value is -2.74. The van der Waals surface area contributed by atoms with Gasteiger partial charge in [0.15, 0.2) is 0 Å². The summed E-state index contributed by atoms with van der Waals surface area (Å²) in [7, 11) is 4.85. The fraction of sp³-hybridized carbons (Fsp3) is 0.333. The van der Waals surface area contributed by atoms with E-state index in [0.29, 0.717) is 23.8 Å². The van der Waals surface area contributed by atoms with Crippen LogP contribution in [0.3, 0.4) is 0 Å². The summed E-state index contributed by atoms with van der Waals surface area (Å²) in [5.74, 6) is 2.08. The third-order valence-electron chi connectivity index (χ3n) is 4.31. The summed E-state index contributed by atoms with van der Waals surface area (Å²) in [5.41, 5.74) is 2.05. The smallest absolute Gasteiger partial charge is 0.326 e. The van der Waals surface area contributed by atoms with Crippen LogP contribution in [-0.2, 0) is 0 Å². The number of thiophene rings is 1. The van der Waals surface area contributed by atoms with Gasteiger partial charge in [0.1, 0.15) is 17.2 Å². The lowest BCUT2D eigenvalue weighted by atomic mass is 9.97. The minimum atomic E-state index is -0.355. The van der Waals surface area contributed by atoms with Crippen molar-refractivity contribution in [3.8, 4) is 17.2 Å². The molecule has 0 atom stereocenters. The van der Waals surface area contributed by atoms with Gasteiger partial charge in [0, 0.05) is 31.3 Å². The Balaban J connectivity index is 1.87. The zero-order valence-corrected chi connectivity index (χ0v) is 15.7. The molecule has 0 unspecified atom stereocenters. The summed E-state index contributed by atoms with van der Waals surface area (Å²) < 4.78 is 16.4. The third kappa shape index (κ3) is 3.45. The number of anilines is 1. The van der Waals surface area contributed by atoms with Gasteiger partial charge in [0.2, 0.25) is 0 Å². The Kier molecular flexibility index (Phi) is 5.32. The van der Waals surface area contributed by atoms with Crippen LogP contribution >= 0.6 is 11.3 Å². The molecule has 1 aliphatic rings. The Bertz CT molecular complexity index is 821. The van der Waals surface area contributed by atoms with Crippen LogP contribution in [0.5, 0.6) is 17.2 Å². The average Bonchev–Trinajstić information content (AvgIpc) is 3.17. The highest BCUT2D eigenvalue weighted by atomic mass is 32.1. The molecule has 2 heterocycles. The van der Waals surface area contributed by atoms with Gasteiger partial charge in [-0.2, -0.15) is 0 Å². The van der Waals surface area contributed by atoms with Crippen molar-refractivity contribution < 1.29 is 19.1 Å². The minimum Gasteiger partial charge on any atom is -0.496 e. The van der Waals surface area contributed by atoms with E-state index in [1.807, 2.05) is 12.1 Å². The highest BCUT2D eigenvalue weighted by Gasteiger charge is 2.22. The zero-order chi connectivity index (χ0) is 18.7. The van der Waals surface area contributed by atoms with Crippen molar-refractivity contribution in [1.29, 1.82) is 0 Å². The van der Waals surface area contributed by atoms with Gasteiger partial charge in [0.25, 0.3) is 0 Å². The van der Waals surface area contributed by atoms with Crippen molar-refractivity contribution in [1.82, 2.24) is 0 Å². The molecule has 0 saturated heterocycles. The molecule has 2 aromatic rings. The van der Waals surface area contributed by atoms with E-state index in [4.69, 9.17) is 14.2 Å². The maximum atomic E-state index is 10.9. The number of hydrogen-bond acceptors (Lipinski definition) is 7. The topological polar surface area (TPSA) is 74.1 Å². The van der Waals surface area contributed by atoms with E-state index in [1.54, 1.807) is 33.5 Å².